The highest BCUT2D eigenvalue weighted by Gasteiger charge is 2.26. The number of nitrogens with zero attached hydrogens (tertiary/aromatic N) is 1. The second-order valence-corrected chi connectivity index (χ2v) is 4.77. The molecule has 1 fully saturated rings. The Morgan fingerprint density at radius 1 is 1.31 bits per heavy atom. The Labute approximate surface area is 97.2 Å². The first-order valence-corrected chi connectivity index (χ1v) is 5.86. The molecule has 1 aliphatic rings. The van der Waals surface area contributed by atoms with Crippen molar-refractivity contribution in [1.82, 2.24) is 0 Å². The Morgan fingerprint density at radius 2 is 2.00 bits per heavy atom. The maximum absolute atomic E-state index is 5.89. The van der Waals surface area contributed by atoms with Crippen LogP contribution in [0.1, 0.15) is 26.7 Å². The molecule has 0 amide bonds. The van der Waals surface area contributed by atoms with Gasteiger partial charge in [-0.15, -0.1) is 0 Å². The van der Waals surface area contributed by atoms with Crippen LogP contribution in [0.15, 0.2) is 18.2 Å². The summed E-state index contributed by atoms with van der Waals surface area (Å²) in [6.07, 6.45) is 2.75. The van der Waals surface area contributed by atoms with Gasteiger partial charge in [0.25, 0.3) is 0 Å². The molecule has 0 radical (unpaired) electrons. The topological polar surface area (TPSA) is 38.5 Å². The Morgan fingerprint density at radius 3 is 2.56 bits per heavy atom. The van der Waals surface area contributed by atoms with Crippen LogP contribution in [0.4, 0.5) is 11.4 Å². The van der Waals surface area contributed by atoms with Crippen molar-refractivity contribution >= 4 is 11.4 Å². The summed E-state index contributed by atoms with van der Waals surface area (Å²) in [7, 11) is 2.12. The molecule has 1 saturated carbocycles. The van der Waals surface area contributed by atoms with E-state index in [4.69, 9.17) is 10.5 Å². The number of rotatable bonds is 4. The average molecular weight is 220 g/mol. The lowest BCUT2D eigenvalue weighted by molar-refractivity contribution is 0.242. The number of hydrogen-bond donors (Lipinski definition) is 1. The van der Waals surface area contributed by atoms with Crippen molar-refractivity contribution < 1.29 is 4.74 Å². The number of ether oxygens (including phenoxy) is 1. The summed E-state index contributed by atoms with van der Waals surface area (Å²) in [5.41, 5.74) is 7.80. The maximum Gasteiger partial charge on any atom is 0.123 e. The molecule has 16 heavy (non-hydrogen) atoms. The van der Waals surface area contributed by atoms with E-state index < -0.39 is 0 Å². The van der Waals surface area contributed by atoms with Gasteiger partial charge in [-0.05, 0) is 32.8 Å². The van der Waals surface area contributed by atoms with Crippen LogP contribution in [0, 0.1) is 0 Å². The normalized spacial score (nSPS) is 15.2. The van der Waals surface area contributed by atoms with Crippen LogP contribution in [0.3, 0.4) is 0 Å². The number of nitrogen functional groups attached to an aromatic ring is 1. The van der Waals surface area contributed by atoms with Crippen molar-refractivity contribution in [2.24, 2.45) is 0 Å². The first-order chi connectivity index (χ1) is 7.56. The fraction of sp³-hybridized carbons (Fsp3) is 0.538. The fourth-order valence-corrected chi connectivity index (χ4v) is 1.82. The minimum absolute atomic E-state index is 0.181. The summed E-state index contributed by atoms with van der Waals surface area (Å²) < 4.78 is 5.68. The number of anilines is 2. The standard InChI is InChI=1S/C13H20N2O/c1-9(2)16-13-7-10(14)6-12(8-13)15(3)11-4-5-11/h6-9,11H,4-5,14H2,1-3H3. The van der Waals surface area contributed by atoms with Crippen LogP contribution in [0.2, 0.25) is 0 Å². The predicted molar refractivity (Wildman–Crippen MR) is 68.0 cm³/mol. The van der Waals surface area contributed by atoms with Gasteiger partial charge in [0.2, 0.25) is 0 Å². The Kier molecular flexibility index (Phi) is 2.95. The van der Waals surface area contributed by atoms with E-state index in [0.29, 0.717) is 6.04 Å². The van der Waals surface area contributed by atoms with E-state index in [1.807, 2.05) is 26.0 Å². The molecule has 1 aromatic carbocycles. The molecule has 2 N–H and O–H groups in total. The highest BCUT2D eigenvalue weighted by atomic mass is 16.5. The van der Waals surface area contributed by atoms with Gasteiger partial charge in [0.15, 0.2) is 0 Å². The molecule has 0 saturated heterocycles. The first-order valence-electron chi connectivity index (χ1n) is 5.86. The maximum atomic E-state index is 5.89. The Balaban J connectivity index is 2.20. The van der Waals surface area contributed by atoms with Gasteiger partial charge in [-0.3, -0.25) is 0 Å². The lowest BCUT2D eigenvalue weighted by Crippen LogP contribution is -2.19. The quantitative estimate of drug-likeness (QED) is 0.793. The highest BCUT2D eigenvalue weighted by molar-refractivity contribution is 5.61. The summed E-state index contributed by atoms with van der Waals surface area (Å²) >= 11 is 0. The van der Waals surface area contributed by atoms with E-state index in [0.717, 1.165) is 17.1 Å². The van der Waals surface area contributed by atoms with Crippen molar-refractivity contribution in [3.05, 3.63) is 18.2 Å². The van der Waals surface area contributed by atoms with Gasteiger partial charge in [-0.2, -0.15) is 0 Å². The first kappa shape index (κ1) is 11.1. The third-order valence-corrected chi connectivity index (χ3v) is 2.79. The fourth-order valence-electron chi connectivity index (χ4n) is 1.82. The zero-order valence-corrected chi connectivity index (χ0v) is 10.2. The van der Waals surface area contributed by atoms with Crippen molar-refractivity contribution in [2.75, 3.05) is 17.7 Å². The van der Waals surface area contributed by atoms with Crippen LogP contribution < -0.4 is 15.4 Å². The second-order valence-electron chi connectivity index (χ2n) is 4.77. The molecular formula is C13H20N2O. The molecule has 1 aliphatic carbocycles. The van der Waals surface area contributed by atoms with Crippen molar-refractivity contribution in [2.45, 2.75) is 38.8 Å². The lowest BCUT2D eigenvalue weighted by atomic mass is 10.2. The second kappa shape index (κ2) is 4.24. The minimum atomic E-state index is 0.181. The van der Waals surface area contributed by atoms with E-state index in [9.17, 15) is 0 Å². The molecule has 0 aliphatic heterocycles. The van der Waals surface area contributed by atoms with Gasteiger partial charge < -0.3 is 15.4 Å². The molecule has 3 nitrogen and oxygen atoms in total. The zero-order valence-electron chi connectivity index (χ0n) is 10.2. The molecule has 3 heteroatoms. The monoisotopic (exact) mass is 220 g/mol. The molecule has 0 unspecified atom stereocenters. The van der Waals surface area contributed by atoms with E-state index in [-0.39, 0.29) is 6.10 Å². The number of benzene rings is 1. The van der Waals surface area contributed by atoms with Gasteiger partial charge in [0.05, 0.1) is 6.10 Å². The van der Waals surface area contributed by atoms with E-state index >= 15 is 0 Å². The van der Waals surface area contributed by atoms with Crippen LogP contribution in [-0.4, -0.2) is 19.2 Å². The average Bonchev–Trinajstić information content (AvgIpc) is 2.97. The third kappa shape index (κ3) is 2.60. The predicted octanol–water partition coefficient (Wildman–Crippen LogP) is 2.65. The van der Waals surface area contributed by atoms with Crippen LogP contribution in [-0.2, 0) is 0 Å². The summed E-state index contributed by atoms with van der Waals surface area (Å²) in [5, 5.41) is 0. The lowest BCUT2D eigenvalue weighted by Gasteiger charge is -2.20. The molecule has 0 heterocycles. The molecule has 1 aromatic rings. The zero-order chi connectivity index (χ0) is 11.7. The summed E-state index contributed by atoms with van der Waals surface area (Å²) in [5.74, 6) is 0.859. The van der Waals surface area contributed by atoms with Crippen LogP contribution >= 0.6 is 0 Å². The molecule has 0 bridgehead atoms. The number of nitrogens with two attached hydrogens (primary N) is 1. The SMILES string of the molecule is CC(C)Oc1cc(N)cc(N(C)C2CC2)c1. The summed E-state index contributed by atoms with van der Waals surface area (Å²) in [6.45, 7) is 4.04. The number of hydrogen-bond acceptors (Lipinski definition) is 3. The summed E-state index contributed by atoms with van der Waals surface area (Å²) in [6, 6.07) is 6.64. The Bertz CT molecular complexity index is 372. The molecule has 2 rings (SSSR count). The van der Waals surface area contributed by atoms with Crippen molar-refractivity contribution in [1.29, 1.82) is 0 Å². The molecule has 0 spiro atoms. The van der Waals surface area contributed by atoms with Gasteiger partial charge in [0.1, 0.15) is 5.75 Å². The van der Waals surface area contributed by atoms with E-state index in [1.54, 1.807) is 0 Å². The Hall–Kier alpha value is -1.38. The van der Waals surface area contributed by atoms with Gasteiger partial charge in [-0.1, -0.05) is 0 Å². The van der Waals surface area contributed by atoms with Crippen LogP contribution in [0.25, 0.3) is 0 Å². The van der Waals surface area contributed by atoms with Gasteiger partial charge in [-0.25, -0.2) is 0 Å². The summed E-state index contributed by atoms with van der Waals surface area (Å²) in [4.78, 5) is 2.28. The highest BCUT2D eigenvalue weighted by Crippen LogP contribution is 2.33. The smallest absolute Gasteiger partial charge is 0.123 e. The van der Waals surface area contributed by atoms with Crippen molar-refractivity contribution in [3.8, 4) is 5.75 Å². The van der Waals surface area contributed by atoms with E-state index in [2.05, 4.69) is 18.0 Å². The van der Waals surface area contributed by atoms with Gasteiger partial charge >= 0.3 is 0 Å². The van der Waals surface area contributed by atoms with Crippen molar-refractivity contribution in [3.63, 3.8) is 0 Å². The van der Waals surface area contributed by atoms with Crippen LogP contribution in [0.5, 0.6) is 5.75 Å². The third-order valence-electron chi connectivity index (χ3n) is 2.79. The molecule has 88 valence electrons. The minimum Gasteiger partial charge on any atom is -0.491 e. The molecule has 0 aromatic heterocycles. The molecule has 0 atom stereocenters. The van der Waals surface area contributed by atoms with Gasteiger partial charge in [0, 0.05) is 36.6 Å². The van der Waals surface area contributed by atoms with E-state index in [1.165, 1.54) is 12.8 Å². The molecular weight excluding hydrogens is 200 g/mol. The largest absolute Gasteiger partial charge is 0.491 e.